The molecule has 6 heteroatoms. The highest BCUT2D eigenvalue weighted by atomic mass is 35.5. The van der Waals surface area contributed by atoms with Gasteiger partial charge in [-0.3, -0.25) is 0 Å². The van der Waals surface area contributed by atoms with E-state index in [1.54, 1.807) is 6.07 Å². The Bertz CT molecular complexity index is 1300. The van der Waals surface area contributed by atoms with Crippen LogP contribution in [0, 0.1) is 5.82 Å². The van der Waals surface area contributed by atoms with Gasteiger partial charge in [0.05, 0.1) is 17.6 Å². The molecule has 5 aromatic rings. The highest BCUT2D eigenvalue weighted by Crippen LogP contribution is 2.25. The minimum atomic E-state index is -0.323. The first kappa shape index (κ1) is 18.9. The number of halogens is 2. The maximum atomic E-state index is 13.4. The fourth-order valence-electron chi connectivity index (χ4n) is 3.83. The number of para-hydroxylation sites is 3. The molecule has 2 aromatic heterocycles. The second-order valence-electron chi connectivity index (χ2n) is 7.34. The van der Waals surface area contributed by atoms with Crippen molar-refractivity contribution in [3.05, 3.63) is 101 Å². The van der Waals surface area contributed by atoms with Gasteiger partial charge in [-0.2, -0.15) is 0 Å². The third-order valence-corrected chi connectivity index (χ3v) is 5.63. The number of aromatic amines is 1. The second-order valence-corrected chi connectivity index (χ2v) is 7.75. The number of hydrogen-bond donors (Lipinski definition) is 2. The molecule has 3 aromatic carbocycles. The molecule has 0 saturated heterocycles. The molecule has 2 heterocycles. The molecule has 0 atom stereocenters. The number of rotatable bonds is 6. The van der Waals surface area contributed by atoms with Gasteiger partial charge in [-0.05, 0) is 41.5 Å². The zero-order valence-electron chi connectivity index (χ0n) is 16.2. The van der Waals surface area contributed by atoms with Crippen molar-refractivity contribution in [3.63, 3.8) is 0 Å². The van der Waals surface area contributed by atoms with E-state index in [4.69, 9.17) is 11.6 Å². The van der Waals surface area contributed by atoms with Crippen molar-refractivity contribution in [2.75, 3.05) is 0 Å². The van der Waals surface area contributed by atoms with Crippen molar-refractivity contribution in [1.29, 1.82) is 0 Å². The van der Waals surface area contributed by atoms with E-state index in [0.717, 1.165) is 27.9 Å². The number of benzene rings is 3. The van der Waals surface area contributed by atoms with Crippen LogP contribution in [-0.4, -0.2) is 14.5 Å². The molecule has 0 saturated carbocycles. The second kappa shape index (κ2) is 7.94. The molecule has 0 amide bonds. The fourth-order valence-corrected chi connectivity index (χ4v) is 4.06. The first-order valence-corrected chi connectivity index (χ1v) is 10.2. The Balaban J connectivity index is 1.36. The highest BCUT2D eigenvalue weighted by molar-refractivity contribution is 6.31. The van der Waals surface area contributed by atoms with Crippen LogP contribution in [0.2, 0.25) is 5.02 Å². The monoisotopic (exact) mass is 418 g/mol. The van der Waals surface area contributed by atoms with Gasteiger partial charge < -0.3 is 14.9 Å². The summed E-state index contributed by atoms with van der Waals surface area (Å²) < 4.78 is 15.5. The van der Waals surface area contributed by atoms with Gasteiger partial charge in [-0.25, -0.2) is 9.37 Å². The first-order chi connectivity index (χ1) is 14.7. The molecule has 0 unspecified atom stereocenters. The maximum absolute atomic E-state index is 13.4. The summed E-state index contributed by atoms with van der Waals surface area (Å²) in [6.45, 7) is 1.95. The lowest BCUT2D eigenvalue weighted by Crippen LogP contribution is -2.13. The van der Waals surface area contributed by atoms with E-state index in [2.05, 4.69) is 38.2 Å². The fraction of sp³-hybridized carbons (Fsp3) is 0.125. The summed E-state index contributed by atoms with van der Waals surface area (Å²) in [5, 5.41) is 5.11. The predicted octanol–water partition coefficient (Wildman–Crippen LogP) is 5.65. The number of fused-ring (bicyclic) bond motifs is 2. The van der Waals surface area contributed by atoms with Crippen LogP contribution >= 0.6 is 11.6 Å². The van der Waals surface area contributed by atoms with Gasteiger partial charge in [-0.1, -0.05) is 48.0 Å². The molecular formula is C24H20ClFN4. The summed E-state index contributed by atoms with van der Waals surface area (Å²) in [7, 11) is 0. The molecule has 2 N–H and O–H groups in total. The number of aromatic nitrogens is 3. The van der Waals surface area contributed by atoms with Crippen LogP contribution in [0.15, 0.2) is 72.9 Å². The zero-order chi connectivity index (χ0) is 20.5. The van der Waals surface area contributed by atoms with Crippen LogP contribution in [-0.2, 0) is 19.6 Å². The molecule has 0 bridgehead atoms. The quantitative estimate of drug-likeness (QED) is 0.374. The van der Waals surface area contributed by atoms with E-state index in [1.165, 1.54) is 23.1 Å². The van der Waals surface area contributed by atoms with Gasteiger partial charge in [-0.15, -0.1) is 0 Å². The van der Waals surface area contributed by atoms with Gasteiger partial charge in [0, 0.05) is 35.2 Å². The summed E-state index contributed by atoms with van der Waals surface area (Å²) in [5.74, 6) is 0.592. The van der Waals surface area contributed by atoms with Crippen molar-refractivity contribution in [2.45, 2.75) is 19.6 Å². The van der Waals surface area contributed by atoms with E-state index in [0.29, 0.717) is 24.7 Å². The van der Waals surface area contributed by atoms with Crippen LogP contribution in [0.3, 0.4) is 0 Å². The van der Waals surface area contributed by atoms with Gasteiger partial charge >= 0.3 is 0 Å². The number of nitrogens with one attached hydrogen (secondary N) is 2. The average Bonchev–Trinajstić information content (AvgIpc) is 3.31. The summed E-state index contributed by atoms with van der Waals surface area (Å²) in [6.07, 6.45) is 2.13. The Morgan fingerprint density at radius 3 is 2.67 bits per heavy atom. The van der Waals surface area contributed by atoms with Crippen molar-refractivity contribution < 1.29 is 4.39 Å². The third-order valence-electron chi connectivity index (χ3n) is 5.27. The minimum absolute atomic E-state index is 0.323. The number of H-pyrrole nitrogens is 1. The van der Waals surface area contributed by atoms with Gasteiger partial charge in [0.15, 0.2) is 0 Å². The number of hydrogen-bond acceptors (Lipinski definition) is 2. The Labute approximate surface area is 178 Å². The highest BCUT2D eigenvalue weighted by Gasteiger charge is 2.11. The lowest BCUT2D eigenvalue weighted by atomic mass is 10.2. The van der Waals surface area contributed by atoms with Crippen molar-refractivity contribution in [3.8, 4) is 0 Å². The lowest BCUT2D eigenvalue weighted by Gasteiger charge is -2.07. The molecule has 0 spiro atoms. The van der Waals surface area contributed by atoms with Gasteiger partial charge in [0.25, 0.3) is 0 Å². The Morgan fingerprint density at radius 1 is 0.967 bits per heavy atom. The van der Waals surface area contributed by atoms with Crippen LogP contribution < -0.4 is 5.32 Å². The molecule has 0 aliphatic rings. The standard InChI is InChI=1S/C24H20ClFN4/c25-20-11-18(26)10-9-16(20)14-30-15-17(19-5-1-4-8-23(19)30)12-27-13-24-28-21-6-2-3-7-22(21)29-24/h1-11,15,27H,12-14H2,(H,28,29). The maximum Gasteiger partial charge on any atom is 0.124 e. The average molecular weight is 419 g/mol. The van der Waals surface area contributed by atoms with E-state index >= 15 is 0 Å². The van der Waals surface area contributed by atoms with Crippen LogP contribution in [0.25, 0.3) is 21.9 Å². The summed E-state index contributed by atoms with van der Waals surface area (Å²) >= 11 is 6.25. The Kier molecular flexibility index (Phi) is 4.99. The van der Waals surface area contributed by atoms with Crippen molar-refractivity contribution >= 4 is 33.5 Å². The number of imidazole rings is 1. The van der Waals surface area contributed by atoms with Crippen LogP contribution in [0.4, 0.5) is 4.39 Å². The van der Waals surface area contributed by atoms with Crippen LogP contribution in [0.5, 0.6) is 0 Å². The zero-order valence-corrected chi connectivity index (χ0v) is 17.0. The molecule has 150 valence electrons. The molecule has 4 nitrogen and oxygen atoms in total. The smallest absolute Gasteiger partial charge is 0.124 e. The van der Waals surface area contributed by atoms with E-state index in [-0.39, 0.29) is 5.82 Å². The van der Waals surface area contributed by atoms with Gasteiger partial charge in [0.2, 0.25) is 0 Å². The molecular weight excluding hydrogens is 399 g/mol. The van der Waals surface area contributed by atoms with Crippen LogP contribution in [0.1, 0.15) is 17.0 Å². The normalized spacial score (nSPS) is 11.5. The van der Waals surface area contributed by atoms with E-state index in [9.17, 15) is 4.39 Å². The topological polar surface area (TPSA) is 45.6 Å². The number of nitrogens with zero attached hydrogens (tertiary/aromatic N) is 2. The summed E-state index contributed by atoms with van der Waals surface area (Å²) in [4.78, 5) is 7.96. The predicted molar refractivity (Wildman–Crippen MR) is 119 cm³/mol. The minimum Gasteiger partial charge on any atom is -0.343 e. The SMILES string of the molecule is Fc1ccc(Cn2cc(CNCc3nc4ccccc4[nH]3)c3ccccc32)c(Cl)c1. The van der Waals surface area contributed by atoms with E-state index < -0.39 is 0 Å². The molecule has 0 aliphatic carbocycles. The van der Waals surface area contributed by atoms with Crippen molar-refractivity contribution in [2.24, 2.45) is 0 Å². The summed E-state index contributed by atoms with van der Waals surface area (Å²) in [5.41, 5.74) is 5.23. The Morgan fingerprint density at radius 2 is 1.80 bits per heavy atom. The summed E-state index contributed by atoms with van der Waals surface area (Å²) in [6, 6.07) is 20.8. The van der Waals surface area contributed by atoms with Crippen molar-refractivity contribution in [1.82, 2.24) is 19.9 Å². The first-order valence-electron chi connectivity index (χ1n) is 9.82. The molecule has 0 aliphatic heterocycles. The largest absolute Gasteiger partial charge is 0.343 e. The molecule has 0 fully saturated rings. The molecule has 0 radical (unpaired) electrons. The lowest BCUT2D eigenvalue weighted by molar-refractivity contribution is 0.626. The molecule has 30 heavy (non-hydrogen) atoms. The Hall–Kier alpha value is -3.15. The van der Waals surface area contributed by atoms with Gasteiger partial charge in [0.1, 0.15) is 11.6 Å². The third kappa shape index (κ3) is 3.70. The van der Waals surface area contributed by atoms with E-state index in [1.807, 2.05) is 36.4 Å². The molecule has 5 rings (SSSR count).